The Morgan fingerprint density at radius 2 is 1.80 bits per heavy atom. The van der Waals surface area contributed by atoms with Crippen LogP contribution >= 0.6 is 11.3 Å². The minimum atomic E-state index is -4.52. The molecule has 4 aromatic rings. The van der Waals surface area contributed by atoms with Gasteiger partial charge in [-0.2, -0.15) is 13.2 Å². The average Bonchev–Trinajstić information content (AvgIpc) is 3.50. The molecule has 0 aliphatic rings. The lowest BCUT2D eigenvalue weighted by atomic mass is 10.1. The smallest absolute Gasteiger partial charge is 0.349 e. The van der Waals surface area contributed by atoms with E-state index in [9.17, 15) is 22.8 Å². The first kappa shape index (κ1) is 24.1. The maximum absolute atomic E-state index is 13.2. The van der Waals surface area contributed by atoms with E-state index in [-0.39, 0.29) is 29.7 Å². The summed E-state index contributed by atoms with van der Waals surface area (Å²) in [5, 5.41) is 8.69. The van der Waals surface area contributed by atoms with Crippen molar-refractivity contribution in [1.29, 1.82) is 0 Å². The summed E-state index contributed by atoms with van der Waals surface area (Å²) in [5.74, 6) is -0.613. The van der Waals surface area contributed by atoms with Crippen LogP contribution in [0.25, 0.3) is 16.4 Å². The van der Waals surface area contributed by atoms with Crippen LogP contribution in [0.4, 0.5) is 18.9 Å². The summed E-state index contributed by atoms with van der Waals surface area (Å²) in [6.07, 6.45) is -4.29. The van der Waals surface area contributed by atoms with Crippen molar-refractivity contribution in [3.05, 3.63) is 83.0 Å². The zero-order chi connectivity index (χ0) is 25.2. The maximum Gasteiger partial charge on any atom is 0.416 e. The highest BCUT2D eigenvalue weighted by molar-refractivity contribution is 7.13. The number of halogens is 3. The van der Waals surface area contributed by atoms with E-state index in [4.69, 9.17) is 0 Å². The van der Waals surface area contributed by atoms with Gasteiger partial charge in [-0.3, -0.25) is 9.59 Å². The first-order valence-corrected chi connectivity index (χ1v) is 11.3. The molecule has 0 saturated heterocycles. The Hall–Kier alpha value is -3.99. The van der Waals surface area contributed by atoms with Gasteiger partial charge in [0.2, 0.25) is 11.7 Å². The minimum absolute atomic E-state index is 0.0489. The van der Waals surface area contributed by atoms with Crippen molar-refractivity contribution >= 4 is 28.8 Å². The van der Waals surface area contributed by atoms with Crippen LogP contribution in [0.3, 0.4) is 0 Å². The monoisotopic (exact) mass is 499 g/mol. The number of nitrogens with one attached hydrogen (secondary N) is 1. The van der Waals surface area contributed by atoms with Crippen molar-refractivity contribution in [1.82, 2.24) is 19.7 Å². The fraction of sp³-hybridized carbons (Fsp3) is 0.167. The summed E-state index contributed by atoms with van der Waals surface area (Å²) >= 11 is 1.32. The van der Waals surface area contributed by atoms with E-state index in [0.29, 0.717) is 10.6 Å². The van der Waals surface area contributed by atoms with Crippen LogP contribution in [0.1, 0.15) is 21.7 Å². The molecule has 0 aliphatic carbocycles. The normalized spacial score (nSPS) is 11.3. The van der Waals surface area contributed by atoms with Gasteiger partial charge in [0.25, 0.3) is 5.91 Å². The van der Waals surface area contributed by atoms with Gasteiger partial charge in [-0.1, -0.05) is 24.3 Å². The van der Waals surface area contributed by atoms with Crippen molar-refractivity contribution in [3.8, 4) is 16.4 Å². The summed E-state index contributed by atoms with van der Waals surface area (Å²) in [6.45, 7) is 0. The number of rotatable bonds is 6. The second-order valence-corrected chi connectivity index (χ2v) is 8.76. The molecule has 35 heavy (non-hydrogen) atoms. The Labute approximate surface area is 202 Å². The summed E-state index contributed by atoms with van der Waals surface area (Å²) in [6, 6.07) is 14.9. The molecule has 180 valence electrons. The fourth-order valence-corrected chi connectivity index (χ4v) is 3.89. The molecule has 0 unspecified atom stereocenters. The Morgan fingerprint density at radius 3 is 2.43 bits per heavy atom. The SMILES string of the molecule is CN(C)C(=O)Cc1ccc(NC(=O)c2nc(-c3cccs3)n(-c3cccc(C(F)(F)F)c3)n2)cc1. The average molecular weight is 500 g/mol. The molecule has 0 radical (unpaired) electrons. The van der Waals surface area contributed by atoms with E-state index >= 15 is 0 Å². The number of nitrogens with zero attached hydrogens (tertiary/aromatic N) is 4. The number of benzene rings is 2. The van der Waals surface area contributed by atoms with Gasteiger partial charge in [0.05, 0.1) is 22.5 Å². The molecule has 0 aliphatic heterocycles. The van der Waals surface area contributed by atoms with Crippen LogP contribution in [0, 0.1) is 0 Å². The van der Waals surface area contributed by atoms with Gasteiger partial charge >= 0.3 is 6.18 Å². The van der Waals surface area contributed by atoms with Crippen LogP contribution in [0.2, 0.25) is 0 Å². The number of alkyl halides is 3. The molecule has 0 bridgehead atoms. The largest absolute Gasteiger partial charge is 0.416 e. The predicted octanol–water partition coefficient (Wildman–Crippen LogP) is 4.90. The number of aromatic nitrogens is 3. The van der Waals surface area contributed by atoms with Gasteiger partial charge in [-0.15, -0.1) is 16.4 Å². The van der Waals surface area contributed by atoms with Crippen molar-refractivity contribution in [3.63, 3.8) is 0 Å². The summed E-state index contributed by atoms with van der Waals surface area (Å²) in [5.41, 5.74) is 0.545. The molecule has 0 atom stereocenters. The van der Waals surface area contributed by atoms with Crippen LogP contribution < -0.4 is 5.32 Å². The number of anilines is 1. The number of hydrogen-bond donors (Lipinski definition) is 1. The number of amides is 2. The standard InChI is InChI=1S/C24H20F3N5O2S/c1-31(2)20(33)13-15-8-10-17(11-9-15)28-23(34)21-29-22(19-7-4-12-35-19)32(30-21)18-6-3-5-16(14-18)24(25,26)27/h3-12,14H,13H2,1-2H3,(H,28,34). The molecular weight excluding hydrogens is 479 g/mol. The van der Waals surface area contributed by atoms with Crippen molar-refractivity contribution < 1.29 is 22.8 Å². The Bertz CT molecular complexity index is 1350. The summed E-state index contributed by atoms with van der Waals surface area (Å²) in [7, 11) is 3.35. The van der Waals surface area contributed by atoms with E-state index in [1.807, 2.05) is 0 Å². The van der Waals surface area contributed by atoms with Crippen LogP contribution in [0.15, 0.2) is 66.0 Å². The molecular formula is C24H20F3N5O2S. The van der Waals surface area contributed by atoms with Gasteiger partial charge in [0.1, 0.15) is 0 Å². The molecule has 0 saturated carbocycles. The first-order valence-electron chi connectivity index (χ1n) is 10.4. The maximum atomic E-state index is 13.2. The number of carbonyl (C=O) groups excluding carboxylic acids is 2. The lowest BCUT2D eigenvalue weighted by Gasteiger charge is -2.10. The molecule has 4 rings (SSSR count). The molecule has 0 spiro atoms. The predicted molar refractivity (Wildman–Crippen MR) is 126 cm³/mol. The third kappa shape index (κ3) is 5.57. The molecule has 11 heteroatoms. The third-order valence-corrected chi connectivity index (χ3v) is 5.90. The van der Waals surface area contributed by atoms with E-state index in [1.54, 1.807) is 55.9 Å². The number of carbonyl (C=O) groups is 2. The Kier molecular flexibility index (Phi) is 6.70. The third-order valence-electron chi connectivity index (χ3n) is 5.04. The highest BCUT2D eigenvalue weighted by Gasteiger charge is 2.31. The molecule has 2 aromatic heterocycles. The topological polar surface area (TPSA) is 80.1 Å². The molecule has 2 aromatic carbocycles. The number of likely N-dealkylation sites (N-methyl/N-ethyl adjacent to an activating group) is 1. The second kappa shape index (κ2) is 9.71. The van der Waals surface area contributed by atoms with Gasteiger partial charge in [0.15, 0.2) is 5.82 Å². The van der Waals surface area contributed by atoms with Crippen LogP contribution in [-0.2, 0) is 17.4 Å². The Morgan fingerprint density at radius 1 is 1.06 bits per heavy atom. The lowest BCUT2D eigenvalue weighted by Crippen LogP contribution is -2.23. The minimum Gasteiger partial charge on any atom is -0.349 e. The van der Waals surface area contributed by atoms with Crippen molar-refractivity contribution in [2.45, 2.75) is 12.6 Å². The fourth-order valence-electron chi connectivity index (χ4n) is 3.19. The molecule has 2 amide bonds. The second-order valence-electron chi connectivity index (χ2n) is 7.81. The molecule has 7 nitrogen and oxygen atoms in total. The molecule has 0 fully saturated rings. The Balaban J connectivity index is 1.61. The lowest BCUT2D eigenvalue weighted by molar-refractivity contribution is -0.137. The number of hydrogen-bond acceptors (Lipinski definition) is 5. The quantitative estimate of drug-likeness (QED) is 0.409. The van der Waals surface area contributed by atoms with Crippen LogP contribution in [-0.4, -0.2) is 45.6 Å². The summed E-state index contributed by atoms with van der Waals surface area (Å²) in [4.78, 5) is 31.2. The molecule has 2 heterocycles. The van der Waals surface area contributed by atoms with Crippen LogP contribution in [0.5, 0.6) is 0 Å². The summed E-state index contributed by atoms with van der Waals surface area (Å²) < 4.78 is 41.0. The van der Waals surface area contributed by atoms with Gasteiger partial charge in [-0.25, -0.2) is 9.67 Å². The van der Waals surface area contributed by atoms with E-state index in [1.165, 1.54) is 33.1 Å². The van der Waals surface area contributed by atoms with E-state index in [2.05, 4.69) is 15.4 Å². The van der Waals surface area contributed by atoms with E-state index in [0.717, 1.165) is 17.7 Å². The van der Waals surface area contributed by atoms with E-state index < -0.39 is 17.6 Å². The van der Waals surface area contributed by atoms with Crippen molar-refractivity contribution in [2.24, 2.45) is 0 Å². The first-order chi connectivity index (χ1) is 16.6. The zero-order valence-electron chi connectivity index (χ0n) is 18.7. The van der Waals surface area contributed by atoms with Gasteiger partial charge in [0, 0.05) is 19.8 Å². The highest BCUT2D eigenvalue weighted by Crippen LogP contribution is 2.32. The zero-order valence-corrected chi connectivity index (χ0v) is 19.5. The number of thiophene rings is 1. The van der Waals surface area contributed by atoms with Gasteiger partial charge in [-0.05, 0) is 47.3 Å². The van der Waals surface area contributed by atoms with Crippen molar-refractivity contribution in [2.75, 3.05) is 19.4 Å². The van der Waals surface area contributed by atoms with Gasteiger partial charge < -0.3 is 10.2 Å². The highest BCUT2D eigenvalue weighted by atomic mass is 32.1. The molecule has 1 N–H and O–H groups in total.